The molecule has 102 valence electrons. The van der Waals surface area contributed by atoms with Gasteiger partial charge < -0.3 is 14.9 Å². The van der Waals surface area contributed by atoms with Crippen LogP contribution in [0.15, 0.2) is 21.5 Å². The van der Waals surface area contributed by atoms with E-state index in [4.69, 9.17) is 0 Å². The van der Waals surface area contributed by atoms with E-state index in [9.17, 15) is 9.59 Å². The number of aryl methyl sites for hydroxylation is 1. The molecule has 2 aromatic rings. The minimum Gasteiger partial charge on any atom is -0.346 e. The zero-order valence-electron chi connectivity index (χ0n) is 11.3. The second kappa shape index (κ2) is 4.52. The summed E-state index contributed by atoms with van der Waals surface area (Å²) < 4.78 is 2.24. The van der Waals surface area contributed by atoms with E-state index in [1.165, 1.54) is 4.57 Å². The quantitative estimate of drug-likeness (QED) is 0.843. The Bertz CT molecular complexity index is 707. The van der Waals surface area contributed by atoms with Gasteiger partial charge in [0.05, 0.1) is 0 Å². The Kier molecular flexibility index (Phi) is 3.30. The molecule has 0 unspecified atom stereocenters. The fourth-order valence-corrected chi connectivity index (χ4v) is 2.44. The summed E-state index contributed by atoms with van der Waals surface area (Å²) in [6, 6.07) is 1.68. The summed E-state index contributed by atoms with van der Waals surface area (Å²) in [5.41, 5.74) is 0.328. The van der Waals surface area contributed by atoms with E-state index in [1.54, 1.807) is 19.3 Å². The summed E-state index contributed by atoms with van der Waals surface area (Å²) in [5.74, 6) is -0.224. The molecule has 5 nitrogen and oxygen atoms in total. The maximum absolute atomic E-state index is 12.1. The van der Waals surface area contributed by atoms with Crippen molar-refractivity contribution in [2.45, 2.75) is 26.3 Å². The number of H-pyrrole nitrogens is 1. The minimum atomic E-state index is -0.323. The maximum Gasteiger partial charge on any atom is 0.274 e. The van der Waals surface area contributed by atoms with Crippen LogP contribution in [-0.2, 0) is 7.05 Å². The Morgan fingerprint density at radius 3 is 2.63 bits per heavy atom. The second-order valence-electron chi connectivity index (χ2n) is 5.57. The Balaban J connectivity index is 2.54. The first-order valence-corrected chi connectivity index (χ1v) is 6.69. The molecule has 0 bridgehead atoms. The highest BCUT2D eigenvalue weighted by molar-refractivity contribution is 9.10. The Hall–Kier alpha value is -1.56. The number of carbonyl (C=O) groups excluding carboxylic acids is 1. The van der Waals surface area contributed by atoms with Crippen LogP contribution < -0.4 is 10.9 Å². The maximum atomic E-state index is 12.1. The van der Waals surface area contributed by atoms with E-state index in [0.29, 0.717) is 16.6 Å². The fraction of sp³-hybridized carbons (Fsp3) is 0.385. The molecule has 0 radical (unpaired) electrons. The van der Waals surface area contributed by atoms with Crippen LogP contribution >= 0.6 is 15.9 Å². The molecule has 0 saturated heterocycles. The van der Waals surface area contributed by atoms with Gasteiger partial charge in [-0.3, -0.25) is 9.59 Å². The molecule has 0 aliphatic carbocycles. The van der Waals surface area contributed by atoms with Gasteiger partial charge in [0.25, 0.3) is 11.5 Å². The van der Waals surface area contributed by atoms with Crippen LogP contribution in [0.5, 0.6) is 0 Å². The lowest BCUT2D eigenvalue weighted by Crippen LogP contribution is -2.40. The van der Waals surface area contributed by atoms with Crippen LogP contribution in [0.3, 0.4) is 0 Å². The molecular weight excluding hydrogens is 310 g/mol. The molecule has 0 aliphatic heterocycles. The molecule has 0 atom stereocenters. The molecule has 1 amide bonds. The van der Waals surface area contributed by atoms with Gasteiger partial charge in [-0.25, -0.2) is 0 Å². The van der Waals surface area contributed by atoms with Crippen LogP contribution in [-0.4, -0.2) is 21.0 Å². The predicted octanol–water partition coefficient (Wildman–Crippen LogP) is 2.16. The van der Waals surface area contributed by atoms with E-state index < -0.39 is 0 Å². The van der Waals surface area contributed by atoms with Gasteiger partial charge in [-0.1, -0.05) is 0 Å². The van der Waals surface area contributed by atoms with Crippen molar-refractivity contribution in [3.8, 4) is 0 Å². The number of aromatic nitrogens is 2. The molecule has 2 heterocycles. The summed E-state index contributed by atoms with van der Waals surface area (Å²) in [5, 5.41) is 3.57. The molecular formula is C13H16BrN3O2. The highest BCUT2D eigenvalue weighted by atomic mass is 79.9. The number of amides is 1. The molecule has 0 fully saturated rings. The third kappa shape index (κ3) is 2.73. The van der Waals surface area contributed by atoms with Gasteiger partial charge in [-0.2, -0.15) is 0 Å². The third-order valence-electron chi connectivity index (χ3n) is 2.65. The summed E-state index contributed by atoms with van der Waals surface area (Å²) >= 11 is 3.39. The zero-order chi connectivity index (χ0) is 14.4. The lowest BCUT2D eigenvalue weighted by molar-refractivity contribution is 0.0915. The number of rotatable bonds is 1. The van der Waals surface area contributed by atoms with Crippen molar-refractivity contribution in [3.05, 3.63) is 32.8 Å². The van der Waals surface area contributed by atoms with Gasteiger partial charge >= 0.3 is 0 Å². The Morgan fingerprint density at radius 2 is 2.05 bits per heavy atom. The lowest BCUT2D eigenvalue weighted by Gasteiger charge is -2.19. The van der Waals surface area contributed by atoms with E-state index in [0.717, 1.165) is 4.47 Å². The summed E-state index contributed by atoms with van der Waals surface area (Å²) in [4.78, 5) is 26.9. The molecule has 2 N–H and O–H groups in total. The van der Waals surface area contributed by atoms with Crippen molar-refractivity contribution in [2.75, 3.05) is 0 Å². The first-order valence-electron chi connectivity index (χ1n) is 5.89. The van der Waals surface area contributed by atoms with Crippen molar-refractivity contribution >= 4 is 32.7 Å². The second-order valence-corrected chi connectivity index (χ2v) is 6.42. The van der Waals surface area contributed by atoms with Crippen LogP contribution in [0, 0.1) is 0 Å². The topological polar surface area (TPSA) is 66.9 Å². The summed E-state index contributed by atoms with van der Waals surface area (Å²) in [6.45, 7) is 5.72. The Labute approximate surface area is 119 Å². The van der Waals surface area contributed by atoms with Gasteiger partial charge in [0.15, 0.2) is 0 Å². The highest BCUT2D eigenvalue weighted by Gasteiger charge is 2.18. The van der Waals surface area contributed by atoms with Crippen LogP contribution in [0.4, 0.5) is 0 Å². The van der Waals surface area contributed by atoms with Gasteiger partial charge in [0.1, 0.15) is 11.2 Å². The molecule has 0 saturated carbocycles. The molecule has 0 aromatic carbocycles. The van der Waals surface area contributed by atoms with E-state index in [1.807, 2.05) is 20.8 Å². The number of nitrogens with zero attached hydrogens (tertiary/aromatic N) is 1. The zero-order valence-corrected chi connectivity index (χ0v) is 12.9. The van der Waals surface area contributed by atoms with E-state index >= 15 is 0 Å². The number of hydrogen-bond acceptors (Lipinski definition) is 2. The van der Waals surface area contributed by atoms with Crippen LogP contribution in [0.1, 0.15) is 31.3 Å². The van der Waals surface area contributed by atoms with Crippen LogP contribution in [0.25, 0.3) is 10.9 Å². The average molecular weight is 326 g/mol. The highest BCUT2D eigenvalue weighted by Crippen LogP contribution is 2.22. The molecule has 19 heavy (non-hydrogen) atoms. The fourth-order valence-electron chi connectivity index (χ4n) is 1.82. The normalized spacial score (nSPS) is 11.8. The predicted molar refractivity (Wildman–Crippen MR) is 78.5 cm³/mol. The molecule has 0 spiro atoms. The number of aromatic amines is 1. The van der Waals surface area contributed by atoms with Crippen molar-refractivity contribution in [2.24, 2.45) is 7.05 Å². The van der Waals surface area contributed by atoms with Crippen LogP contribution in [0.2, 0.25) is 0 Å². The minimum absolute atomic E-state index is 0.159. The monoisotopic (exact) mass is 325 g/mol. The SMILES string of the molecule is Cn1cc(Br)c2cc(C(=O)NC(C)(C)C)[nH]c2c1=O. The van der Waals surface area contributed by atoms with Gasteiger partial charge in [0, 0.05) is 28.6 Å². The smallest absolute Gasteiger partial charge is 0.274 e. The first kappa shape index (κ1) is 13.9. The number of carbonyl (C=O) groups is 1. The van der Waals surface area contributed by atoms with Crippen molar-refractivity contribution in [3.63, 3.8) is 0 Å². The number of fused-ring (bicyclic) bond motifs is 1. The standard InChI is InChI=1S/C13H16BrN3O2/c1-13(2,3)16-11(18)9-5-7-8(14)6-17(4)12(19)10(7)15-9/h5-6,15H,1-4H3,(H,16,18). The molecule has 0 aliphatic rings. The van der Waals surface area contributed by atoms with Crippen molar-refractivity contribution in [1.82, 2.24) is 14.9 Å². The average Bonchev–Trinajstić information content (AvgIpc) is 2.69. The van der Waals surface area contributed by atoms with E-state index in [-0.39, 0.29) is 17.0 Å². The first-order chi connectivity index (χ1) is 8.69. The summed E-state index contributed by atoms with van der Waals surface area (Å²) in [7, 11) is 1.67. The van der Waals surface area contributed by atoms with Gasteiger partial charge in [0.2, 0.25) is 0 Å². The number of halogens is 1. The third-order valence-corrected chi connectivity index (χ3v) is 3.28. The Morgan fingerprint density at radius 1 is 1.42 bits per heavy atom. The molecule has 2 rings (SSSR count). The lowest BCUT2D eigenvalue weighted by atomic mass is 10.1. The van der Waals surface area contributed by atoms with Crippen molar-refractivity contribution in [1.29, 1.82) is 0 Å². The number of hydrogen-bond donors (Lipinski definition) is 2. The van der Waals surface area contributed by atoms with E-state index in [2.05, 4.69) is 26.2 Å². The van der Waals surface area contributed by atoms with Crippen molar-refractivity contribution < 1.29 is 4.79 Å². The van der Waals surface area contributed by atoms with Gasteiger partial charge in [-0.15, -0.1) is 0 Å². The summed E-state index contributed by atoms with van der Waals surface area (Å²) in [6.07, 6.45) is 1.68. The largest absolute Gasteiger partial charge is 0.346 e. The number of nitrogens with one attached hydrogen (secondary N) is 2. The number of pyridine rings is 1. The van der Waals surface area contributed by atoms with Gasteiger partial charge in [-0.05, 0) is 42.8 Å². The molecule has 2 aromatic heterocycles. The molecule has 6 heteroatoms.